The van der Waals surface area contributed by atoms with Gasteiger partial charge in [0.05, 0.1) is 12.8 Å². The number of hydrogen-bond donors (Lipinski definition) is 1. The number of nitrogens with one attached hydrogen (secondary N) is 1. The summed E-state index contributed by atoms with van der Waals surface area (Å²) in [5, 5.41) is 2.77. The minimum atomic E-state index is -3.36. The Hall–Kier alpha value is -0.660. The molecule has 6 nitrogen and oxygen atoms in total. The Balaban J connectivity index is 4.50. The topological polar surface area (TPSA) is 69.7 Å². The van der Waals surface area contributed by atoms with E-state index in [1.807, 2.05) is 39.8 Å². The van der Waals surface area contributed by atoms with Crippen LogP contribution in [0.1, 0.15) is 27.2 Å². The highest BCUT2D eigenvalue weighted by Crippen LogP contribution is 2.03. The van der Waals surface area contributed by atoms with E-state index >= 15 is 0 Å². The molecule has 114 valence electrons. The maximum Gasteiger partial charge on any atom is 0.235 e. The highest BCUT2D eigenvalue weighted by Gasteiger charge is 2.22. The molecule has 0 aromatic rings. The van der Waals surface area contributed by atoms with Gasteiger partial charge in [0.25, 0.3) is 0 Å². The number of sulfonamides is 1. The van der Waals surface area contributed by atoms with E-state index < -0.39 is 10.0 Å². The Labute approximate surface area is 117 Å². The summed E-state index contributed by atoms with van der Waals surface area (Å²) in [5.41, 5.74) is -0.357. The van der Waals surface area contributed by atoms with Gasteiger partial charge in [0.15, 0.2) is 0 Å². The smallest absolute Gasteiger partial charge is 0.235 e. The number of rotatable bonds is 7. The predicted molar refractivity (Wildman–Crippen MR) is 77.5 cm³/mol. The Bertz CT molecular complexity index is 386. The zero-order chi connectivity index (χ0) is 15.3. The van der Waals surface area contributed by atoms with E-state index in [-0.39, 0.29) is 18.0 Å². The zero-order valence-electron chi connectivity index (χ0n) is 12.9. The minimum Gasteiger partial charge on any atom is -0.350 e. The SMILES string of the molecule is CN(C)CCCN(CC(=O)NC(C)(C)C)S(C)(=O)=O. The Morgan fingerprint density at radius 2 is 1.68 bits per heavy atom. The molecule has 0 spiro atoms. The molecular formula is C12H27N3O3S. The first kappa shape index (κ1) is 18.3. The van der Waals surface area contributed by atoms with Crippen molar-refractivity contribution in [2.24, 2.45) is 0 Å². The van der Waals surface area contributed by atoms with E-state index in [1.54, 1.807) is 0 Å². The van der Waals surface area contributed by atoms with Crippen LogP contribution in [-0.4, -0.2) is 69.1 Å². The average Bonchev–Trinajstić information content (AvgIpc) is 2.10. The quantitative estimate of drug-likeness (QED) is 0.723. The lowest BCUT2D eigenvalue weighted by Crippen LogP contribution is -2.47. The summed E-state index contributed by atoms with van der Waals surface area (Å²) in [6, 6.07) is 0. The van der Waals surface area contributed by atoms with E-state index in [1.165, 1.54) is 4.31 Å². The fourth-order valence-electron chi connectivity index (χ4n) is 1.54. The second-order valence-electron chi connectivity index (χ2n) is 6.05. The largest absolute Gasteiger partial charge is 0.350 e. The van der Waals surface area contributed by atoms with Gasteiger partial charge in [-0.2, -0.15) is 4.31 Å². The molecular weight excluding hydrogens is 266 g/mol. The summed E-state index contributed by atoms with van der Waals surface area (Å²) < 4.78 is 24.5. The van der Waals surface area contributed by atoms with Gasteiger partial charge in [-0.1, -0.05) is 0 Å². The van der Waals surface area contributed by atoms with Gasteiger partial charge in [-0.15, -0.1) is 0 Å². The van der Waals surface area contributed by atoms with Gasteiger partial charge in [-0.3, -0.25) is 4.79 Å². The average molecular weight is 293 g/mol. The van der Waals surface area contributed by atoms with Crippen LogP contribution >= 0.6 is 0 Å². The van der Waals surface area contributed by atoms with Gasteiger partial charge in [0.1, 0.15) is 0 Å². The normalized spacial score (nSPS) is 13.1. The van der Waals surface area contributed by atoms with Crippen LogP contribution in [0.5, 0.6) is 0 Å². The van der Waals surface area contributed by atoms with Crippen molar-refractivity contribution in [3.63, 3.8) is 0 Å². The summed E-state index contributed by atoms with van der Waals surface area (Å²) in [5.74, 6) is -0.275. The molecule has 1 amide bonds. The molecule has 0 rings (SSSR count). The first-order chi connectivity index (χ1) is 8.42. The third-order valence-electron chi connectivity index (χ3n) is 2.32. The number of hydrogen-bond acceptors (Lipinski definition) is 4. The monoisotopic (exact) mass is 293 g/mol. The van der Waals surface area contributed by atoms with Gasteiger partial charge in [-0.25, -0.2) is 8.42 Å². The van der Waals surface area contributed by atoms with Crippen molar-refractivity contribution in [2.75, 3.05) is 40.0 Å². The maximum absolute atomic E-state index is 11.8. The molecule has 0 saturated carbocycles. The Morgan fingerprint density at radius 1 is 1.16 bits per heavy atom. The fourth-order valence-corrected chi connectivity index (χ4v) is 2.36. The van der Waals surface area contributed by atoms with Crippen molar-refractivity contribution < 1.29 is 13.2 Å². The van der Waals surface area contributed by atoms with Gasteiger partial charge >= 0.3 is 0 Å². The summed E-state index contributed by atoms with van der Waals surface area (Å²) in [7, 11) is 0.496. The molecule has 0 radical (unpaired) electrons. The lowest BCUT2D eigenvalue weighted by atomic mass is 10.1. The van der Waals surface area contributed by atoms with Crippen LogP contribution in [0, 0.1) is 0 Å². The van der Waals surface area contributed by atoms with Crippen molar-refractivity contribution in [1.29, 1.82) is 0 Å². The lowest BCUT2D eigenvalue weighted by molar-refractivity contribution is -0.122. The maximum atomic E-state index is 11.8. The van der Waals surface area contributed by atoms with E-state index in [4.69, 9.17) is 0 Å². The molecule has 0 fully saturated rings. The van der Waals surface area contributed by atoms with Gasteiger partial charge in [0.2, 0.25) is 15.9 Å². The molecule has 0 unspecified atom stereocenters. The molecule has 0 aromatic heterocycles. The molecule has 0 atom stereocenters. The second-order valence-corrected chi connectivity index (χ2v) is 8.03. The molecule has 0 saturated heterocycles. The van der Waals surface area contributed by atoms with Crippen molar-refractivity contribution in [3.8, 4) is 0 Å². The Kier molecular flexibility index (Phi) is 6.96. The van der Waals surface area contributed by atoms with Crippen LogP contribution < -0.4 is 5.32 Å². The summed E-state index contributed by atoms with van der Waals surface area (Å²) in [4.78, 5) is 13.8. The van der Waals surface area contributed by atoms with Gasteiger partial charge < -0.3 is 10.2 Å². The molecule has 0 bridgehead atoms. The summed E-state index contributed by atoms with van der Waals surface area (Å²) >= 11 is 0. The second kappa shape index (κ2) is 7.21. The highest BCUT2D eigenvalue weighted by atomic mass is 32.2. The first-order valence-electron chi connectivity index (χ1n) is 6.32. The van der Waals surface area contributed by atoms with E-state index in [2.05, 4.69) is 5.32 Å². The number of nitrogens with zero attached hydrogens (tertiary/aromatic N) is 2. The molecule has 0 aliphatic carbocycles. The van der Waals surface area contributed by atoms with E-state index in [9.17, 15) is 13.2 Å². The van der Waals surface area contributed by atoms with Crippen molar-refractivity contribution in [3.05, 3.63) is 0 Å². The lowest BCUT2D eigenvalue weighted by Gasteiger charge is -2.24. The molecule has 1 N–H and O–H groups in total. The standard InChI is InChI=1S/C12H27N3O3S/c1-12(2,3)13-11(16)10-15(19(6,17)18)9-7-8-14(4)5/h7-10H2,1-6H3,(H,13,16). The fraction of sp³-hybridized carbons (Fsp3) is 0.917. The van der Waals surface area contributed by atoms with Crippen molar-refractivity contribution >= 4 is 15.9 Å². The number of amides is 1. The van der Waals surface area contributed by atoms with Crippen LogP contribution in [0.15, 0.2) is 0 Å². The molecule has 0 aliphatic rings. The highest BCUT2D eigenvalue weighted by molar-refractivity contribution is 7.88. The third kappa shape index (κ3) is 9.86. The van der Waals surface area contributed by atoms with Gasteiger partial charge in [-0.05, 0) is 47.8 Å². The molecule has 0 aliphatic heterocycles. The Morgan fingerprint density at radius 3 is 2.05 bits per heavy atom. The number of carbonyl (C=O) groups excluding carboxylic acids is 1. The van der Waals surface area contributed by atoms with E-state index in [0.717, 1.165) is 12.8 Å². The van der Waals surface area contributed by atoms with Crippen LogP contribution in [0.4, 0.5) is 0 Å². The van der Waals surface area contributed by atoms with Crippen LogP contribution in [0.25, 0.3) is 0 Å². The van der Waals surface area contributed by atoms with Crippen LogP contribution in [-0.2, 0) is 14.8 Å². The molecule has 19 heavy (non-hydrogen) atoms. The first-order valence-corrected chi connectivity index (χ1v) is 8.17. The molecule has 0 aromatic carbocycles. The van der Waals surface area contributed by atoms with E-state index in [0.29, 0.717) is 13.0 Å². The molecule has 0 heterocycles. The van der Waals surface area contributed by atoms with Gasteiger partial charge in [0, 0.05) is 12.1 Å². The van der Waals surface area contributed by atoms with Crippen LogP contribution in [0.3, 0.4) is 0 Å². The summed E-state index contributed by atoms with van der Waals surface area (Å²) in [6.45, 7) is 6.61. The number of carbonyl (C=O) groups is 1. The predicted octanol–water partition coefficient (Wildman–Crippen LogP) is 0.114. The van der Waals surface area contributed by atoms with Crippen LogP contribution in [0.2, 0.25) is 0 Å². The zero-order valence-corrected chi connectivity index (χ0v) is 13.7. The third-order valence-corrected chi connectivity index (χ3v) is 3.57. The van der Waals surface area contributed by atoms with Crippen molar-refractivity contribution in [1.82, 2.24) is 14.5 Å². The van der Waals surface area contributed by atoms with Crippen molar-refractivity contribution in [2.45, 2.75) is 32.7 Å². The summed E-state index contributed by atoms with van der Waals surface area (Å²) in [6.07, 6.45) is 1.83. The molecule has 7 heteroatoms. The minimum absolute atomic E-state index is 0.121.